The van der Waals surface area contributed by atoms with Gasteiger partial charge in [-0.3, -0.25) is 9.59 Å². The van der Waals surface area contributed by atoms with Crippen molar-refractivity contribution >= 4 is 11.9 Å². The molecule has 0 aliphatic carbocycles. The molecule has 0 saturated carbocycles. The number of nitrogens with zero attached hydrogens (tertiary/aromatic N) is 1. The van der Waals surface area contributed by atoms with Crippen LogP contribution in [0.4, 0.5) is 0 Å². The van der Waals surface area contributed by atoms with Gasteiger partial charge in [0, 0.05) is 6.42 Å². The summed E-state index contributed by atoms with van der Waals surface area (Å²) >= 11 is 0. The fourth-order valence-corrected chi connectivity index (χ4v) is 6.55. The Balaban J connectivity index is 4.22. The van der Waals surface area contributed by atoms with Gasteiger partial charge >= 0.3 is 11.9 Å². The predicted molar refractivity (Wildman–Crippen MR) is 203 cm³/mol. The molecule has 0 radical (unpaired) electrons. The minimum Gasteiger partial charge on any atom is -0.465 e. The molecule has 0 saturated heterocycles. The van der Waals surface area contributed by atoms with E-state index in [-0.39, 0.29) is 24.0 Å². The molecular weight excluding hydrogens is 582 g/mol. The van der Waals surface area contributed by atoms with Crippen molar-refractivity contribution in [2.75, 3.05) is 27.2 Å². The van der Waals surface area contributed by atoms with Gasteiger partial charge in [-0.15, -0.1) is 0 Å². The number of carbonyl (C=O) groups is 2. The van der Waals surface area contributed by atoms with Crippen molar-refractivity contribution < 1.29 is 19.1 Å². The SMILES string of the molecule is CCCCCCCCCC(CCCCCCCCCOC(=O)C(CCCCCC)CCCCCCCC)OC(=O)CCCCN(C)C. The molecule has 2 unspecified atom stereocenters. The van der Waals surface area contributed by atoms with Gasteiger partial charge in [-0.2, -0.15) is 0 Å². The molecule has 280 valence electrons. The van der Waals surface area contributed by atoms with Gasteiger partial charge in [-0.25, -0.2) is 0 Å². The Morgan fingerprint density at radius 2 is 0.894 bits per heavy atom. The van der Waals surface area contributed by atoms with Gasteiger partial charge < -0.3 is 14.4 Å². The standard InChI is InChI=1S/C42H83NO4/c1-6-9-12-15-18-22-27-34-40(47-41(44)36-29-30-37-43(4)5)35-28-23-19-17-20-24-31-38-46-42(45)39(32-25-14-11-8-3)33-26-21-16-13-10-7-2/h39-40H,6-38H2,1-5H3. The molecule has 0 fully saturated rings. The molecule has 0 aromatic rings. The summed E-state index contributed by atoms with van der Waals surface area (Å²) < 4.78 is 11.8. The number of unbranched alkanes of at least 4 members (excludes halogenated alkanes) is 21. The van der Waals surface area contributed by atoms with E-state index >= 15 is 0 Å². The van der Waals surface area contributed by atoms with Gasteiger partial charge in [0.05, 0.1) is 12.5 Å². The van der Waals surface area contributed by atoms with E-state index in [1.54, 1.807) is 0 Å². The van der Waals surface area contributed by atoms with Crippen LogP contribution in [-0.2, 0) is 19.1 Å². The maximum atomic E-state index is 12.9. The van der Waals surface area contributed by atoms with E-state index in [0.29, 0.717) is 13.0 Å². The lowest BCUT2D eigenvalue weighted by Crippen LogP contribution is -2.19. The third-order valence-corrected chi connectivity index (χ3v) is 9.72. The molecule has 0 aliphatic rings. The number of hydrogen-bond acceptors (Lipinski definition) is 5. The highest BCUT2D eigenvalue weighted by Crippen LogP contribution is 2.21. The minimum atomic E-state index is 0.00243. The van der Waals surface area contributed by atoms with E-state index in [1.165, 1.54) is 122 Å². The summed E-state index contributed by atoms with van der Waals surface area (Å²) in [7, 11) is 4.16. The second-order valence-electron chi connectivity index (χ2n) is 14.8. The van der Waals surface area contributed by atoms with E-state index < -0.39 is 0 Å². The van der Waals surface area contributed by atoms with E-state index in [2.05, 4.69) is 39.8 Å². The monoisotopic (exact) mass is 666 g/mol. The summed E-state index contributed by atoms with van der Waals surface area (Å²) in [6, 6.07) is 0. The molecule has 0 spiro atoms. The van der Waals surface area contributed by atoms with Crippen LogP contribution >= 0.6 is 0 Å². The van der Waals surface area contributed by atoms with Gasteiger partial charge in [0.15, 0.2) is 0 Å². The average molecular weight is 666 g/mol. The van der Waals surface area contributed by atoms with Crippen molar-refractivity contribution in [3.63, 3.8) is 0 Å². The highest BCUT2D eigenvalue weighted by atomic mass is 16.5. The first-order valence-corrected chi connectivity index (χ1v) is 20.9. The first-order valence-electron chi connectivity index (χ1n) is 20.9. The Hall–Kier alpha value is -1.10. The predicted octanol–water partition coefficient (Wildman–Crippen LogP) is 12.8. The van der Waals surface area contributed by atoms with Crippen LogP contribution in [0.2, 0.25) is 0 Å². The maximum Gasteiger partial charge on any atom is 0.308 e. The normalized spacial score (nSPS) is 12.8. The van der Waals surface area contributed by atoms with Crippen molar-refractivity contribution in [3.05, 3.63) is 0 Å². The largest absolute Gasteiger partial charge is 0.465 e. The smallest absolute Gasteiger partial charge is 0.308 e. The van der Waals surface area contributed by atoms with Crippen molar-refractivity contribution in [1.82, 2.24) is 4.90 Å². The van der Waals surface area contributed by atoms with Gasteiger partial charge in [0.2, 0.25) is 0 Å². The first-order chi connectivity index (χ1) is 22.9. The molecule has 0 N–H and O–H groups in total. The number of hydrogen-bond donors (Lipinski definition) is 0. The zero-order valence-electron chi connectivity index (χ0n) is 32.6. The van der Waals surface area contributed by atoms with Gasteiger partial charge in [0.1, 0.15) is 6.10 Å². The molecule has 5 heteroatoms. The zero-order chi connectivity index (χ0) is 34.6. The van der Waals surface area contributed by atoms with Crippen LogP contribution in [0, 0.1) is 5.92 Å². The Bertz CT molecular complexity index is 667. The number of carbonyl (C=O) groups excluding carboxylic acids is 2. The lowest BCUT2D eigenvalue weighted by Gasteiger charge is -2.18. The Morgan fingerprint density at radius 1 is 0.489 bits per heavy atom. The molecule has 0 aromatic heterocycles. The van der Waals surface area contributed by atoms with Gasteiger partial charge in [-0.05, 0) is 78.4 Å². The van der Waals surface area contributed by atoms with Crippen molar-refractivity contribution in [2.45, 2.75) is 226 Å². The summed E-state index contributed by atoms with van der Waals surface area (Å²) in [5.74, 6) is 0.174. The average Bonchev–Trinajstić information content (AvgIpc) is 3.05. The summed E-state index contributed by atoms with van der Waals surface area (Å²) in [5.41, 5.74) is 0. The highest BCUT2D eigenvalue weighted by molar-refractivity contribution is 5.72. The van der Waals surface area contributed by atoms with Crippen LogP contribution in [0.1, 0.15) is 220 Å². The molecule has 0 heterocycles. The molecular formula is C42H83NO4. The molecule has 5 nitrogen and oxygen atoms in total. The molecule has 0 amide bonds. The van der Waals surface area contributed by atoms with Crippen LogP contribution in [0.25, 0.3) is 0 Å². The Morgan fingerprint density at radius 3 is 1.36 bits per heavy atom. The number of rotatable bonds is 37. The van der Waals surface area contributed by atoms with E-state index in [1.807, 2.05) is 0 Å². The van der Waals surface area contributed by atoms with Crippen LogP contribution in [0.3, 0.4) is 0 Å². The minimum absolute atomic E-state index is 0.00243. The van der Waals surface area contributed by atoms with Gasteiger partial charge in [-0.1, -0.05) is 156 Å². The third kappa shape index (κ3) is 33.2. The van der Waals surface area contributed by atoms with Crippen LogP contribution in [0.15, 0.2) is 0 Å². The van der Waals surface area contributed by atoms with Crippen LogP contribution < -0.4 is 0 Å². The summed E-state index contributed by atoms with van der Waals surface area (Å²) in [6.45, 7) is 8.38. The fraction of sp³-hybridized carbons (Fsp3) is 0.952. The lowest BCUT2D eigenvalue weighted by molar-refractivity contribution is -0.150. The second kappa shape index (κ2) is 36.2. The Labute approximate surface area is 294 Å². The third-order valence-electron chi connectivity index (χ3n) is 9.72. The summed E-state index contributed by atoms with van der Waals surface area (Å²) in [4.78, 5) is 27.6. The van der Waals surface area contributed by atoms with Gasteiger partial charge in [0.25, 0.3) is 0 Å². The lowest BCUT2D eigenvalue weighted by atomic mass is 9.94. The number of ether oxygens (including phenoxy) is 2. The van der Waals surface area contributed by atoms with E-state index in [9.17, 15) is 9.59 Å². The topological polar surface area (TPSA) is 55.8 Å². The molecule has 0 bridgehead atoms. The molecule has 0 aromatic carbocycles. The van der Waals surface area contributed by atoms with Crippen molar-refractivity contribution in [3.8, 4) is 0 Å². The first kappa shape index (κ1) is 45.9. The summed E-state index contributed by atoms with van der Waals surface area (Å²) in [6.07, 6.45) is 36.4. The maximum absolute atomic E-state index is 12.9. The van der Waals surface area contributed by atoms with E-state index in [4.69, 9.17) is 9.47 Å². The second-order valence-corrected chi connectivity index (χ2v) is 14.8. The van der Waals surface area contributed by atoms with Crippen LogP contribution in [-0.4, -0.2) is 50.2 Å². The van der Waals surface area contributed by atoms with Crippen molar-refractivity contribution in [2.24, 2.45) is 5.92 Å². The summed E-state index contributed by atoms with van der Waals surface area (Å²) in [5, 5.41) is 0. The zero-order valence-corrected chi connectivity index (χ0v) is 32.6. The fourth-order valence-electron chi connectivity index (χ4n) is 6.55. The quantitative estimate of drug-likeness (QED) is 0.0488. The molecule has 2 atom stereocenters. The van der Waals surface area contributed by atoms with Crippen LogP contribution in [0.5, 0.6) is 0 Å². The molecule has 0 aliphatic heterocycles. The van der Waals surface area contributed by atoms with E-state index in [0.717, 1.165) is 77.2 Å². The molecule has 47 heavy (non-hydrogen) atoms. The molecule has 0 rings (SSSR count). The number of esters is 2. The highest BCUT2D eigenvalue weighted by Gasteiger charge is 2.19. The van der Waals surface area contributed by atoms with Crippen molar-refractivity contribution in [1.29, 1.82) is 0 Å². The Kier molecular flexibility index (Phi) is 35.3.